The summed E-state index contributed by atoms with van der Waals surface area (Å²) in [7, 11) is 0. The SMILES string of the molecule is C1=Cc2ccc3c4c(-c5ccccc5)c5c6ccc7c8c(ccc(c5c(-c5ccccc5)c4c4ccc(c2c34)C1)c86)C=CC7. The molecule has 9 aromatic rings. The van der Waals surface area contributed by atoms with Gasteiger partial charge >= 0.3 is 0 Å². The topological polar surface area (TPSA) is 0 Å². The molecule has 0 aromatic heterocycles. The molecule has 0 heteroatoms. The zero-order valence-electron chi connectivity index (χ0n) is 24.1. The molecule has 9 aromatic carbocycles. The van der Waals surface area contributed by atoms with Crippen LogP contribution in [0.2, 0.25) is 0 Å². The molecule has 0 heterocycles. The quantitative estimate of drug-likeness (QED) is 0.199. The van der Waals surface area contributed by atoms with Gasteiger partial charge in [-0.1, -0.05) is 133 Å². The van der Waals surface area contributed by atoms with E-state index < -0.39 is 0 Å². The van der Waals surface area contributed by atoms with Crippen LogP contribution in [0.1, 0.15) is 22.3 Å². The summed E-state index contributed by atoms with van der Waals surface area (Å²) in [5.41, 5.74) is 10.9. The zero-order valence-corrected chi connectivity index (χ0v) is 24.1. The van der Waals surface area contributed by atoms with Gasteiger partial charge in [-0.05, 0) is 122 Å². The molecule has 0 N–H and O–H groups in total. The van der Waals surface area contributed by atoms with Crippen molar-refractivity contribution in [2.24, 2.45) is 0 Å². The Morgan fingerprint density at radius 1 is 0.318 bits per heavy atom. The summed E-state index contributed by atoms with van der Waals surface area (Å²) in [4.78, 5) is 0. The maximum atomic E-state index is 2.42. The van der Waals surface area contributed by atoms with Crippen LogP contribution in [0.5, 0.6) is 0 Å². The summed E-state index contributed by atoms with van der Waals surface area (Å²) < 4.78 is 0. The molecule has 2 aliphatic rings. The van der Waals surface area contributed by atoms with Gasteiger partial charge in [0.1, 0.15) is 0 Å². The summed E-state index contributed by atoms with van der Waals surface area (Å²) in [5, 5.41) is 16.8. The molecule has 202 valence electrons. The normalized spacial score (nSPS) is 14.0. The number of rotatable bonds is 2. The molecule has 0 radical (unpaired) electrons. The molecule has 0 spiro atoms. The molecular formula is C44H26. The van der Waals surface area contributed by atoms with Crippen molar-refractivity contribution in [3.8, 4) is 22.3 Å². The lowest BCUT2D eigenvalue weighted by molar-refractivity contribution is 1.30. The van der Waals surface area contributed by atoms with Crippen molar-refractivity contribution in [3.05, 3.63) is 144 Å². The maximum absolute atomic E-state index is 2.42. The highest BCUT2D eigenvalue weighted by Crippen LogP contribution is 2.56. The van der Waals surface area contributed by atoms with Gasteiger partial charge < -0.3 is 0 Å². The first kappa shape index (κ1) is 23.1. The number of benzene rings is 7. The van der Waals surface area contributed by atoms with E-state index in [1.807, 2.05) is 0 Å². The highest BCUT2D eigenvalue weighted by Gasteiger charge is 2.29. The van der Waals surface area contributed by atoms with Crippen molar-refractivity contribution in [2.45, 2.75) is 12.8 Å². The maximum Gasteiger partial charge on any atom is -0.000718 e. The fourth-order valence-electron chi connectivity index (χ4n) is 8.88. The Kier molecular flexibility index (Phi) is 4.26. The fourth-order valence-corrected chi connectivity index (χ4v) is 8.88. The molecule has 0 bridgehead atoms. The predicted octanol–water partition coefficient (Wildman–Crippen LogP) is 12.0. The van der Waals surface area contributed by atoms with E-state index in [9.17, 15) is 0 Å². The van der Waals surface area contributed by atoms with Crippen molar-refractivity contribution >= 4 is 76.8 Å². The fraction of sp³-hybridized carbons (Fsp3) is 0.0455. The Morgan fingerprint density at radius 3 is 1.11 bits per heavy atom. The van der Waals surface area contributed by atoms with Gasteiger partial charge in [0, 0.05) is 0 Å². The molecule has 0 unspecified atom stereocenters. The van der Waals surface area contributed by atoms with Crippen molar-refractivity contribution in [2.75, 3.05) is 0 Å². The Morgan fingerprint density at radius 2 is 0.705 bits per heavy atom. The van der Waals surface area contributed by atoms with Gasteiger partial charge in [0.25, 0.3) is 0 Å². The molecule has 0 saturated heterocycles. The summed E-state index contributed by atoms with van der Waals surface area (Å²) in [6, 6.07) is 41.5. The van der Waals surface area contributed by atoms with Crippen LogP contribution < -0.4 is 0 Å². The lowest BCUT2D eigenvalue weighted by atomic mass is 9.87. The van der Waals surface area contributed by atoms with Gasteiger partial charge in [0.05, 0.1) is 0 Å². The van der Waals surface area contributed by atoms with E-state index in [0.29, 0.717) is 0 Å². The molecule has 0 atom stereocenters. The lowest BCUT2D eigenvalue weighted by Crippen LogP contribution is -1.92. The molecule has 0 fully saturated rings. The summed E-state index contributed by atoms with van der Waals surface area (Å²) in [5.74, 6) is 0. The van der Waals surface area contributed by atoms with Crippen LogP contribution in [0.25, 0.3) is 99.0 Å². The van der Waals surface area contributed by atoms with Crippen LogP contribution in [0.4, 0.5) is 0 Å². The second-order valence-corrected chi connectivity index (χ2v) is 12.6. The van der Waals surface area contributed by atoms with Crippen LogP contribution in [0.3, 0.4) is 0 Å². The molecule has 44 heavy (non-hydrogen) atoms. The van der Waals surface area contributed by atoms with Crippen molar-refractivity contribution < 1.29 is 0 Å². The molecule has 2 aliphatic carbocycles. The van der Waals surface area contributed by atoms with Crippen molar-refractivity contribution in [1.82, 2.24) is 0 Å². The largest absolute Gasteiger partial charge is 0.0795 e. The van der Waals surface area contributed by atoms with Crippen LogP contribution >= 0.6 is 0 Å². The molecule has 0 nitrogen and oxygen atoms in total. The minimum Gasteiger partial charge on any atom is -0.0795 e. The summed E-state index contributed by atoms with van der Waals surface area (Å²) >= 11 is 0. The number of hydrogen-bond acceptors (Lipinski definition) is 0. The van der Waals surface area contributed by atoms with Gasteiger partial charge in [-0.3, -0.25) is 0 Å². The minimum absolute atomic E-state index is 0.992. The van der Waals surface area contributed by atoms with Crippen LogP contribution in [0, 0.1) is 0 Å². The summed E-state index contributed by atoms with van der Waals surface area (Å²) in [6.07, 6.45) is 11.2. The van der Waals surface area contributed by atoms with E-state index in [1.165, 1.54) is 109 Å². The average Bonchev–Trinajstić information content (AvgIpc) is 3.61. The average molecular weight is 555 g/mol. The smallest absolute Gasteiger partial charge is 0.000718 e. The number of fused-ring (bicyclic) bond motifs is 6. The van der Waals surface area contributed by atoms with Gasteiger partial charge in [-0.25, -0.2) is 0 Å². The first-order valence-electron chi connectivity index (χ1n) is 15.7. The van der Waals surface area contributed by atoms with Gasteiger partial charge in [-0.15, -0.1) is 0 Å². The Labute approximate surface area is 254 Å². The summed E-state index contributed by atoms with van der Waals surface area (Å²) in [6.45, 7) is 0. The minimum atomic E-state index is 0.992. The van der Waals surface area contributed by atoms with E-state index in [1.54, 1.807) is 0 Å². The van der Waals surface area contributed by atoms with Gasteiger partial charge in [0.15, 0.2) is 0 Å². The van der Waals surface area contributed by atoms with E-state index >= 15 is 0 Å². The molecule has 11 rings (SSSR count). The first-order chi connectivity index (χ1) is 21.9. The highest BCUT2D eigenvalue weighted by atomic mass is 14.3. The van der Waals surface area contributed by atoms with Crippen molar-refractivity contribution in [1.29, 1.82) is 0 Å². The standard InChI is InChI=1S/C44H26/c1-3-9-25(10-4-1)37-41-31-21-17-27-13-7-15-29-19-23-33(39(31)35(27)29)43(41)38(26-11-5-2-6-12-26)44-34-24-20-30-16-8-14-28-18-22-32(42(37)44)40(34)36(28)30/h1-13,16-24H,14-15H2. The van der Waals surface area contributed by atoms with E-state index in [-0.39, 0.29) is 0 Å². The third-order valence-corrected chi connectivity index (χ3v) is 10.5. The van der Waals surface area contributed by atoms with E-state index in [4.69, 9.17) is 0 Å². The van der Waals surface area contributed by atoms with Crippen LogP contribution in [0.15, 0.2) is 121 Å². The molecule has 0 amide bonds. The monoisotopic (exact) mass is 554 g/mol. The highest BCUT2D eigenvalue weighted by molar-refractivity contribution is 6.47. The van der Waals surface area contributed by atoms with Crippen LogP contribution in [-0.4, -0.2) is 0 Å². The molecular weight excluding hydrogens is 528 g/mol. The van der Waals surface area contributed by atoms with Gasteiger partial charge in [0.2, 0.25) is 0 Å². The number of hydrogen-bond donors (Lipinski definition) is 0. The second kappa shape index (κ2) is 8.13. The van der Waals surface area contributed by atoms with Crippen LogP contribution in [-0.2, 0) is 12.8 Å². The first-order valence-corrected chi connectivity index (χ1v) is 15.7. The van der Waals surface area contributed by atoms with Gasteiger partial charge in [-0.2, -0.15) is 0 Å². The van der Waals surface area contributed by atoms with E-state index in [0.717, 1.165) is 12.8 Å². The van der Waals surface area contributed by atoms with Crippen molar-refractivity contribution in [3.63, 3.8) is 0 Å². The molecule has 0 saturated carbocycles. The zero-order chi connectivity index (χ0) is 28.5. The lowest BCUT2D eigenvalue weighted by Gasteiger charge is -2.15. The third-order valence-electron chi connectivity index (χ3n) is 10.5. The Hall–Kier alpha value is -5.46. The number of allylic oxidation sites excluding steroid dienone is 2. The molecule has 0 aliphatic heterocycles. The Balaban J connectivity index is 1.52. The van der Waals surface area contributed by atoms with E-state index in [2.05, 4.69) is 133 Å². The predicted molar refractivity (Wildman–Crippen MR) is 190 cm³/mol. The second-order valence-electron chi connectivity index (χ2n) is 12.6. The third kappa shape index (κ3) is 2.71. The Bertz CT molecular complexity index is 2470.